The average Bonchev–Trinajstić information content (AvgIpc) is 3.55. The van der Waals surface area contributed by atoms with Crippen molar-refractivity contribution in [2.24, 2.45) is 0 Å². The number of rotatable bonds is 11. The predicted molar refractivity (Wildman–Crippen MR) is 123 cm³/mol. The van der Waals surface area contributed by atoms with E-state index in [1.165, 1.54) is 14.2 Å². The highest BCUT2D eigenvalue weighted by atomic mass is 16.5. The third-order valence-corrected chi connectivity index (χ3v) is 6.02. The van der Waals surface area contributed by atoms with Crippen LogP contribution in [0.5, 0.6) is 11.5 Å². The summed E-state index contributed by atoms with van der Waals surface area (Å²) in [5, 5.41) is 0. The van der Waals surface area contributed by atoms with Gasteiger partial charge >= 0.3 is 0 Å². The molecular weight excluding hydrogens is 424 g/mol. The van der Waals surface area contributed by atoms with E-state index in [2.05, 4.69) is 0 Å². The van der Waals surface area contributed by atoms with Crippen molar-refractivity contribution in [3.05, 3.63) is 47.9 Å². The van der Waals surface area contributed by atoms with Crippen molar-refractivity contribution in [3.8, 4) is 11.5 Å². The summed E-state index contributed by atoms with van der Waals surface area (Å²) < 4.78 is 21.9. The molecule has 0 aliphatic carbocycles. The van der Waals surface area contributed by atoms with Gasteiger partial charge in [0.15, 0.2) is 0 Å². The fourth-order valence-electron chi connectivity index (χ4n) is 3.87. The molecule has 1 aliphatic heterocycles. The van der Waals surface area contributed by atoms with Crippen molar-refractivity contribution in [3.63, 3.8) is 0 Å². The zero-order valence-electron chi connectivity index (χ0n) is 19.9. The van der Waals surface area contributed by atoms with Gasteiger partial charge in [0.2, 0.25) is 5.91 Å². The third-order valence-electron chi connectivity index (χ3n) is 6.02. The highest BCUT2D eigenvalue weighted by Gasteiger charge is 2.29. The summed E-state index contributed by atoms with van der Waals surface area (Å²) in [6.07, 6.45) is 4.21. The molecule has 1 aliphatic rings. The number of carbonyl (C=O) groups is 2. The van der Waals surface area contributed by atoms with Gasteiger partial charge in [0.05, 0.1) is 33.1 Å². The Hall–Kier alpha value is -3.00. The largest absolute Gasteiger partial charge is 0.497 e. The number of benzene rings is 1. The molecule has 0 saturated carbocycles. The minimum absolute atomic E-state index is 0.000641. The number of furan rings is 1. The van der Waals surface area contributed by atoms with Crippen LogP contribution >= 0.6 is 0 Å². The van der Waals surface area contributed by atoms with E-state index in [0.29, 0.717) is 48.9 Å². The van der Waals surface area contributed by atoms with Crippen LogP contribution in [0.1, 0.15) is 49.2 Å². The summed E-state index contributed by atoms with van der Waals surface area (Å²) in [4.78, 5) is 30.3. The number of amides is 2. The van der Waals surface area contributed by atoms with Gasteiger partial charge in [-0.15, -0.1) is 0 Å². The van der Waals surface area contributed by atoms with Gasteiger partial charge in [0.25, 0.3) is 5.91 Å². The van der Waals surface area contributed by atoms with E-state index in [4.69, 9.17) is 18.6 Å². The Bertz CT molecular complexity index is 885. The van der Waals surface area contributed by atoms with Gasteiger partial charge in [0, 0.05) is 30.8 Å². The summed E-state index contributed by atoms with van der Waals surface area (Å²) in [6.45, 7) is 5.41. The first kappa shape index (κ1) is 24.6. The second-order valence-corrected chi connectivity index (χ2v) is 8.28. The summed E-state index contributed by atoms with van der Waals surface area (Å²) in [5.74, 6) is 1.34. The molecule has 1 aromatic heterocycles. The van der Waals surface area contributed by atoms with Crippen molar-refractivity contribution in [2.45, 2.75) is 51.8 Å². The Morgan fingerprint density at radius 3 is 2.45 bits per heavy atom. The van der Waals surface area contributed by atoms with Crippen molar-refractivity contribution < 1.29 is 28.2 Å². The van der Waals surface area contributed by atoms with Gasteiger partial charge in [0.1, 0.15) is 23.8 Å². The standard InChI is InChI=1S/C25H34N2O6/c1-5-18(2)27(25(29)19-12-22(30-3)14-23(13-19)31-4)17-24(28)26(15-20-8-6-10-32-20)16-21-9-7-11-33-21/h6,8,10,12-14,18,21H,5,7,9,11,15-17H2,1-4H3. The third kappa shape index (κ3) is 6.51. The van der Waals surface area contributed by atoms with Crippen LogP contribution in [-0.2, 0) is 16.1 Å². The molecule has 0 bridgehead atoms. The van der Waals surface area contributed by atoms with Gasteiger partial charge in [-0.2, -0.15) is 0 Å². The topological polar surface area (TPSA) is 81.5 Å². The van der Waals surface area contributed by atoms with Crippen LogP contribution in [0.2, 0.25) is 0 Å². The van der Waals surface area contributed by atoms with Crippen molar-refractivity contribution in [2.75, 3.05) is 33.9 Å². The highest BCUT2D eigenvalue weighted by molar-refractivity contribution is 5.97. The zero-order chi connectivity index (χ0) is 23.8. The van der Waals surface area contributed by atoms with Crippen LogP contribution in [-0.4, -0.2) is 67.7 Å². The first-order valence-corrected chi connectivity index (χ1v) is 11.4. The average molecular weight is 459 g/mol. The molecule has 8 nitrogen and oxygen atoms in total. The fraction of sp³-hybridized carbons (Fsp3) is 0.520. The second kappa shape index (κ2) is 11.7. The predicted octanol–water partition coefficient (Wildman–Crippen LogP) is 3.75. The van der Waals surface area contributed by atoms with Gasteiger partial charge in [-0.1, -0.05) is 6.92 Å². The van der Waals surface area contributed by atoms with Gasteiger partial charge < -0.3 is 28.4 Å². The number of methoxy groups -OCH3 is 2. The molecule has 0 radical (unpaired) electrons. The Morgan fingerprint density at radius 1 is 1.18 bits per heavy atom. The Kier molecular flexibility index (Phi) is 8.77. The smallest absolute Gasteiger partial charge is 0.254 e. The SMILES string of the molecule is CCC(C)N(CC(=O)N(Cc1ccco1)CC1CCCO1)C(=O)c1cc(OC)cc(OC)c1. The van der Waals surface area contributed by atoms with E-state index in [1.54, 1.807) is 40.3 Å². The molecule has 2 unspecified atom stereocenters. The summed E-state index contributed by atoms with van der Waals surface area (Å²) >= 11 is 0. The fourth-order valence-corrected chi connectivity index (χ4v) is 3.87. The Balaban J connectivity index is 1.82. The molecule has 2 heterocycles. The first-order valence-electron chi connectivity index (χ1n) is 11.4. The molecule has 0 spiro atoms. The molecule has 33 heavy (non-hydrogen) atoms. The van der Waals surface area contributed by atoms with Crippen LogP contribution in [0.15, 0.2) is 41.0 Å². The lowest BCUT2D eigenvalue weighted by molar-refractivity contribution is -0.134. The van der Waals surface area contributed by atoms with E-state index < -0.39 is 0 Å². The monoisotopic (exact) mass is 458 g/mol. The molecule has 2 aromatic rings. The minimum atomic E-state index is -0.245. The maximum Gasteiger partial charge on any atom is 0.254 e. The molecule has 180 valence electrons. The second-order valence-electron chi connectivity index (χ2n) is 8.28. The number of carbonyl (C=O) groups excluding carboxylic acids is 2. The van der Waals surface area contributed by atoms with E-state index in [9.17, 15) is 9.59 Å². The quantitative estimate of drug-likeness (QED) is 0.510. The van der Waals surface area contributed by atoms with Crippen LogP contribution in [0, 0.1) is 0 Å². The number of ether oxygens (including phenoxy) is 3. The molecule has 8 heteroatoms. The molecule has 1 aromatic carbocycles. The maximum atomic E-state index is 13.5. The van der Waals surface area contributed by atoms with E-state index in [0.717, 1.165) is 12.8 Å². The molecule has 0 N–H and O–H groups in total. The van der Waals surface area contributed by atoms with E-state index in [-0.39, 0.29) is 30.5 Å². The summed E-state index contributed by atoms with van der Waals surface area (Å²) in [6, 6.07) is 8.55. The van der Waals surface area contributed by atoms with Crippen molar-refractivity contribution in [1.82, 2.24) is 9.80 Å². The molecule has 1 saturated heterocycles. The summed E-state index contributed by atoms with van der Waals surface area (Å²) in [5.41, 5.74) is 0.413. The van der Waals surface area contributed by atoms with Crippen LogP contribution < -0.4 is 9.47 Å². The first-order chi connectivity index (χ1) is 15.9. The van der Waals surface area contributed by atoms with Crippen LogP contribution in [0.3, 0.4) is 0 Å². The van der Waals surface area contributed by atoms with E-state index >= 15 is 0 Å². The van der Waals surface area contributed by atoms with Gasteiger partial charge in [-0.3, -0.25) is 9.59 Å². The van der Waals surface area contributed by atoms with Crippen LogP contribution in [0.25, 0.3) is 0 Å². The molecule has 2 atom stereocenters. The van der Waals surface area contributed by atoms with Crippen molar-refractivity contribution >= 4 is 11.8 Å². The Labute approximate surface area is 195 Å². The normalized spacial score (nSPS) is 16.3. The minimum Gasteiger partial charge on any atom is -0.497 e. The highest BCUT2D eigenvalue weighted by Crippen LogP contribution is 2.24. The number of hydrogen-bond acceptors (Lipinski definition) is 6. The molecular formula is C25H34N2O6. The number of nitrogens with zero attached hydrogens (tertiary/aromatic N) is 2. The lowest BCUT2D eigenvalue weighted by Gasteiger charge is -2.32. The summed E-state index contributed by atoms with van der Waals surface area (Å²) in [7, 11) is 3.08. The van der Waals surface area contributed by atoms with Crippen molar-refractivity contribution in [1.29, 1.82) is 0 Å². The molecule has 3 rings (SSSR count). The van der Waals surface area contributed by atoms with Crippen LogP contribution in [0.4, 0.5) is 0 Å². The Morgan fingerprint density at radius 2 is 1.91 bits per heavy atom. The molecule has 2 amide bonds. The van der Waals surface area contributed by atoms with Gasteiger partial charge in [-0.05, 0) is 50.5 Å². The number of hydrogen-bond donors (Lipinski definition) is 0. The van der Waals surface area contributed by atoms with Gasteiger partial charge in [-0.25, -0.2) is 0 Å². The van der Waals surface area contributed by atoms with E-state index in [1.807, 2.05) is 19.9 Å². The molecule has 1 fully saturated rings. The zero-order valence-corrected chi connectivity index (χ0v) is 19.9. The maximum absolute atomic E-state index is 13.5. The lowest BCUT2D eigenvalue weighted by Crippen LogP contribution is -2.47. The lowest BCUT2D eigenvalue weighted by atomic mass is 10.1.